The predicted octanol–water partition coefficient (Wildman–Crippen LogP) is 5.15. The number of carbonyl (C=O) groups is 2. The van der Waals surface area contributed by atoms with Crippen LogP contribution in [0.1, 0.15) is 41.2 Å². The highest BCUT2D eigenvalue weighted by atomic mass is 35.5. The lowest BCUT2D eigenvalue weighted by molar-refractivity contribution is -0.127. The number of nitrogens with one attached hydrogen (secondary N) is 1. The average molecular weight is 481 g/mol. The number of hydrogen-bond acceptors (Lipinski definition) is 4. The molecule has 0 aromatic heterocycles. The van der Waals surface area contributed by atoms with Crippen LogP contribution < -0.4 is 10.1 Å². The fraction of sp³-hybridized carbons (Fsp3) is 0.391. The molecule has 2 atom stereocenters. The molecule has 2 unspecified atom stereocenters. The molecular formula is C23H23ClF2N2O3S. The summed E-state index contributed by atoms with van der Waals surface area (Å²) in [4.78, 5) is 28.7. The van der Waals surface area contributed by atoms with E-state index < -0.39 is 12.5 Å². The molecule has 1 saturated heterocycles. The van der Waals surface area contributed by atoms with Gasteiger partial charge in [-0.25, -0.2) is 0 Å². The molecule has 0 radical (unpaired) electrons. The Balaban J connectivity index is 1.44. The number of hydrogen-bond donors (Lipinski definition) is 1. The second kappa shape index (κ2) is 10.1. The summed E-state index contributed by atoms with van der Waals surface area (Å²) in [5.41, 5.74) is 1.09. The van der Waals surface area contributed by atoms with Crippen LogP contribution in [0.15, 0.2) is 47.4 Å². The molecule has 0 saturated carbocycles. The minimum atomic E-state index is -3.02. The Kier molecular flexibility index (Phi) is 7.20. The Labute approximate surface area is 194 Å². The quantitative estimate of drug-likeness (QED) is 0.643. The van der Waals surface area contributed by atoms with E-state index in [2.05, 4.69) is 10.1 Å². The summed E-state index contributed by atoms with van der Waals surface area (Å²) in [6.45, 7) is -2.32. The first-order chi connectivity index (χ1) is 15.4. The van der Waals surface area contributed by atoms with Crippen molar-refractivity contribution >= 4 is 35.2 Å². The molecular weight excluding hydrogens is 458 g/mol. The number of halogens is 3. The number of carbonyl (C=O) groups excluding carboxylic acids is 2. The lowest BCUT2D eigenvalue weighted by Crippen LogP contribution is -2.46. The zero-order chi connectivity index (χ0) is 22.7. The molecule has 2 aliphatic heterocycles. The third-order valence-corrected chi connectivity index (χ3v) is 7.10. The van der Waals surface area contributed by atoms with Crippen molar-refractivity contribution < 1.29 is 23.1 Å². The summed E-state index contributed by atoms with van der Waals surface area (Å²) in [6, 6.07) is 11.5. The molecule has 1 fully saturated rings. The van der Waals surface area contributed by atoms with Crippen LogP contribution in [0.25, 0.3) is 0 Å². The number of rotatable bonds is 5. The summed E-state index contributed by atoms with van der Waals surface area (Å²) in [5, 5.41) is 3.77. The summed E-state index contributed by atoms with van der Waals surface area (Å²) in [5.74, 6) is -0.150. The van der Waals surface area contributed by atoms with Gasteiger partial charge in [-0.1, -0.05) is 23.7 Å². The van der Waals surface area contributed by atoms with Crippen molar-refractivity contribution in [2.75, 3.05) is 18.8 Å². The molecule has 5 nitrogen and oxygen atoms in total. The zero-order valence-corrected chi connectivity index (χ0v) is 18.8. The van der Waals surface area contributed by atoms with E-state index in [-0.39, 0.29) is 35.7 Å². The summed E-state index contributed by atoms with van der Waals surface area (Å²) < 4.78 is 29.9. The van der Waals surface area contributed by atoms with Gasteiger partial charge in [0.1, 0.15) is 5.75 Å². The number of ether oxygens (including phenoxy) is 1. The number of para-hydroxylation sites is 1. The van der Waals surface area contributed by atoms with Crippen molar-refractivity contribution in [2.45, 2.75) is 36.8 Å². The number of benzene rings is 2. The maximum atomic E-state index is 13.1. The Morgan fingerprint density at radius 2 is 2.00 bits per heavy atom. The van der Waals surface area contributed by atoms with Gasteiger partial charge < -0.3 is 15.0 Å². The SMILES string of the molecule is O=C(NC1CCSc2ccc(Cl)cc21)C1CCCN(C(=O)c2ccccc2OC(F)F)C1. The topological polar surface area (TPSA) is 58.6 Å². The van der Waals surface area contributed by atoms with Crippen molar-refractivity contribution in [2.24, 2.45) is 5.92 Å². The molecule has 0 spiro atoms. The Morgan fingerprint density at radius 3 is 2.81 bits per heavy atom. The van der Waals surface area contributed by atoms with E-state index >= 15 is 0 Å². The van der Waals surface area contributed by atoms with Crippen LogP contribution in [0.3, 0.4) is 0 Å². The zero-order valence-electron chi connectivity index (χ0n) is 17.2. The van der Waals surface area contributed by atoms with Gasteiger partial charge in [0.2, 0.25) is 5.91 Å². The fourth-order valence-electron chi connectivity index (χ4n) is 4.19. The number of piperidine rings is 1. The number of amides is 2. The van der Waals surface area contributed by atoms with Gasteiger partial charge in [0, 0.05) is 28.8 Å². The minimum Gasteiger partial charge on any atom is -0.434 e. The molecule has 32 heavy (non-hydrogen) atoms. The van der Waals surface area contributed by atoms with Crippen LogP contribution in [-0.2, 0) is 4.79 Å². The van der Waals surface area contributed by atoms with Crippen molar-refractivity contribution in [1.29, 1.82) is 0 Å². The first-order valence-corrected chi connectivity index (χ1v) is 11.8. The molecule has 2 aromatic rings. The summed E-state index contributed by atoms with van der Waals surface area (Å²) >= 11 is 7.90. The van der Waals surface area contributed by atoms with Crippen molar-refractivity contribution in [3.8, 4) is 5.75 Å². The van der Waals surface area contributed by atoms with E-state index in [4.69, 9.17) is 11.6 Å². The fourth-order valence-corrected chi connectivity index (χ4v) is 5.48. The van der Waals surface area contributed by atoms with Gasteiger partial charge in [-0.15, -0.1) is 11.8 Å². The molecule has 2 aromatic carbocycles. The normalized spacial score (nSPS) is 20.6. The van der Waals surface area contributed by atoms with Gasteiger partial charge in [0.15, 0.2) is 0 Å². The van der Waals surface area contributed by atoms with Crippen LogP contribution in [0.5, 0.6) is 5.75 Å². The highest BCUT2D eigenvalue weighted by molar-refractivity contribution is 7.99. The number of nitrogens with zero attached hydrogens (tertiary/aromatic N) is 1. The van der Waals surface area contributed by atoms with Gasteiger partial charge in [-0.3, -0.25) is 9.59 Å². The van der Waals surface area contributed by atoms with Gasteiger partial charge in [0.05, 0.1) is 17.5 Å². The van der Waals surface area contributed by atoms with Crippen LogP contribution in [0, 0.1) is 5.92 Å². The molecule has 0 aliphatic carbocycles. The minimum absolute atomic E-state index is 0.0710. The second-order valence-electron chi connectivity index (χ2n) is 7.85. The molecule has 170 valence electrons. The van der Waals surface area contributed by atoms with E-state index in [1.165, 1.54) is 18.2 Å². The highest BCUT2D eigenvalue weighted by Crippen LogP contribution is 2.38. The maximum absolute atomic E-state index is 13.1. The Hall–Kier alpha value is -2.32. The first-order valence-electron chi connectivity index (χ1n) is 10.5. The van der Waals surface area contributed by atoms with Gasteiger partial charge in [-0.2, -0.15) is 8.78 Å². The number of fused-ring (bicyclic) bond motifs is 1. The standard InChI is InChI=1S/C23H23ClF2N2O3S/c24-15-7-8-20-17(12-15)18(9-11-32-20)27-21(29)14-4-3-10-28(13-14)22(30)16-5-1-2-6-19(16)31-23(25)26/h1-2,5-8,12,14,18,23H,3-4,9-11,13H2,(H,27,29). The largest absolute Gasteiger partial charge is 0.434 e. The van der Waals surface area contributed by atoms with Crippen molar-refractivity contribution in [3.63, 3.8) is 0 Å². The third kappa shape index (κ3) is 5.18. The maximum Gasteiger partial charge on any atom is 0.387 e. The summed E-state index contributed by atoms with van der Waals surface area (Å²) in [6.07, 6.45) is 2.12. The van der Waals surface area contributed by atoms with E-state index in [1.807, 2.05) is 18.2 Å². The monoisotopic (exact) mass is 480 g/mol. The van der Waals surface area contributed by atoms with Crippen LogP contribution >= 0.6 is 23.4 Å². The first kappa shape index (κ1) is 22.9. The molecule has 2 amide bonds. The predicted molar refractivity (Wildman–Crippen MR) is 119 cm³/mol. The van der Waals surface area contributed by atoms with Crippen molar-refractivity contribution in [1.82, 2.24) is 10.2 Å². The number of alkyl halides is 2. The Bertz CT molecular complexity index is 1010. The number of likely N-dealkylation sites (tertiary alicyclic amines) is 1. The van der Waals surface area contributed by atoms with Gasteiger partial charge in [-0.05, 0) is 55.2 Å². The lowest BCUT2D eigenvalue weighted by Gasteiger charge is -2.34. The molecule has 0 bridgehead atoms. The molecule has 9 heteroatoms. The van der Waals surface area contributed by atoms with E-state index in [9.17, 15) is 18.4 Å². The smallest absolute Gasteiger partial charge is 0.387 e. The Morgan fingerprint density at radius 1 is 1.19 bits per heavy atom. The van der Waals surface area contributed by atoms with Gasteiger partial charge >= 0.3 is 6.61 Å². The molecule has 2 heterocycles. The van der Waals surface area contributed by atoms with Crippen molar-refractivity contribution in [3.05, 3.63) is 58.6 Å². The van der Waals surface area contributed by atoms with Crippen LogP contribution in [0.2, 0.25) is 5.02 Å². The van der Waals surface area contributed by atoms with E-state index in [0.29, 0.717) is 24.4 Å². The van der Waals surface area contributed by atoms with E-state index in [0.717, 1.165) is 22.6 Å². The number of thioether (sulfide) groups is 1. The molecule has 4 rings (SSSR count). The van der Waals surface area contributed by atoms with Gasteiger partial charge in [0.25, 0.3) is 5.91 Å². The third-order valence-electron chi connectivity index (χ3n) is 5.74. The molecule has 2 aliphatic rings. The lowest BCUT2D eigenvalue weighted by atomic mass is 9.95. The summed E-state index contributed by atoms with van der Waals surface area (Å²) in [7, 11) is 0. The van der Waals surface area contributed by atoms with Crippen LogP contribution in [-0.4, -0.2) is 42.2 Å². The molecule has 1 N–H and O–H groups in total. The van der Waals surface area contributed by atoms with Crippen LogP contribution in [0.4, 0.5) is 8.78 Å². The second-order valence-corrected chi connectivity index (χ2v) is 9.42. The highest BCUT2D eigenvalue weighted by Gasteiger charge is 2.32. The van der Waals surface area contributed by atoms with E-state index in [1.54, 1.807) is 22.7 Å². The average Bonchev–Trinajstić information content (AvgIpc) is 2.79.